The zero-order chi connectivity index (χ0) is 19.6. The van der Waals surface area contributed by atoms with Crippen LogP contribution in [0.3, 0.4) is 0 Å². The van der Waals surface area contributed by atoms with Crippen LogP contribution in [0.5, 0.6) is 23.0 Å². The van der Waals surface area contributed by atoms with Gasteiger partial charge in [-0.3, -0.25) is 4.79 Å². The summed E-state index contributed by atoms with van der Waals surface area (Å²) in [5.74, 6) is -0.609. The fraction of sp³-hybridized carbons (Fsp3) is 0.167. The number of esters is 1. The lowest BCUT2D eigenvalue weighted by atomic mass is 10.1. The molecule has 2 aromatic carbocycles. The monoisotopic (exact) mass is 388 g/mol. The van der Waals surface area contributed by atoms with Crippen LogP contribution >= 0.6 is 0 Å². The number of carbonyl (C=O) groups is 1. The zero-order valence-corrected chi connectivity index (χ0v) is 15.6. The maximum Gasteiger partial charge on any atom is 0.308 e. The average Bonchev–Trinajstić information content (AvgIpc) is 2.69. The van der Waals surface area contributed by atoms with Crippen LogP contribution in [0, 0.1) is 0 Å². The minimum atomic E-state index is -1.66. The van der Waals surface area contributed by atoms with Gasteiger partial charge in [-0.1, -0.05) is 0 Å². The minimum absolute atomic E-state index is 0.000133. The zero-order valence-electron chi connectivity index (χ0n) is 14.8. The molecule has 140 valence electrons. The number of fused-ring (bicyclic) bond motifs is 1. The van der Waals surface area contributed by atoms with Crippen molar-refractivity contribution < 1.29 is 28.3 Å². The molecular weight excluding hydrogens is 372 g/mol. The summed E-state index contributed by atoms with van der Waals surface area (Å²) in [5, 5.41) is 11.4. The second-order valence-electron chi connectivity index (χ2n) is 5.35. The number of hydrogen-bond donors (Lipinski definition) is 1. The van der Waals surface area contributed by atoms with Crippen LogP contribution in [0.15, 0.2) is 46.7 Å². The second-order valence-corrected chi connectivity index (χ2v) is 6.72. The van der Waals surface area contributed by atoms with E-state index in [2.05, 4.69) is 9.97 Å². The molecule has 0 radical (unpaired) electrons. The van der Waals surface area contributed by atoms with Crippen LogP contribution in [0.4, 0.5) is 0 Å². The maximum atomic E-state index is 12.7. The normalized spacial score (nSPS) is 11.8. The van der Waals surface area contributed by atoms with Crippen molar-refractivity contribution in [2.24, 2.45) is 0 Å². The number of aromatic hydroxyl groups is 1. The highest BCUT2D eigenvalue weighted by atomic mass is 32.2. The third-order valence-corrected chi connectivity index (χ3v) is 4.92. The number of phenols is 1. The number of ether oxygens (including phenoxy) is 3. The molecule has 9 heteroatoms. The topological polar surface area (TPSA) is 108 Å². The highest BCUT2D eigenvalue weighted by Crippen LogP contribution is 2.50. The molecule has 0 fully saturated rings. The summed E-state index contributed by atoms with van der Waals surface area (Å²) in [7, 11) is 1.06. The Kier molecular flexibility index (Phi) is 5.22. The van der Waals surface area contributed by atoms with Gasteiger partial charge in [-0.2, -0.15) is 0 Å². The standard InChI is InChI=1S/C18H16N2O6S/c1-10(21)26-15-12-6-5-11(27(23)18-19-7-4-8-20-18)9-13(12)14(22)16(24-2)17(15)25-3/h4-9,22H,1-3H3. The van der Waals surface area contributed by atoms with Gasteiger partial charge in [-0.15, -0.1) is 0 Å². The quantitative estimate of drug-likeness (QED) is 0.403. The SMILES string of the molecule is COc1c(OC)c(OC(C)=O)c2ccc(S(=O)c3ncccn3)cc2c1O. The Labute approximate surface area is 157 Å². The van der Waals surface area contributed by atoms with Gasteiger partial charge >= 0.3 is 5.97 Å². The van der Waals surface area contributed by atoms with Gasteiger partial charge in [0.25, 0.3) is 0 Å². The molecule has 0 aliphatic rings. The Morgan fingerprint density at radius 2 is 1.70 bits per heavy atom. The van der Waals surface area contributed by atoms with Crippen LogP contribution in [-0.2, 0) is 15.6 Å². The van der Waals surface area contributed by atoms with Crippen molar-refractivity contribution >= 4 is 27.5 Å². The van der Waals surface area contributed by atoms with E-state index in [1.54, 1.807) is 18.2 Å². The van der Waals surface area contributed by atoms with E-state index in [0.717, 1.165) is 0 Å². The van der Waals surface area contributed by atoms with Gasteiger partial charge in [-0.05, 0) is 24.3 Å². The first kappa shape index (κ1) is 18.6. The summed E-state index contributed by atoms with van der Waals surface area (Å²) < 4.78 is 28.5. The van der Waals surface area contributed by atoms with Gasteiger partial charge < -0.3 is 19.3 Å². The molecule has 8 nitrogen and oxygen atoms in total. The summed E-state index contributed by atoms with van der Waals surface area (Å²) in [6, 6.07) is 6.28. The number of benzene rings is 2. The number of phenolic OH excluding ortho intramolecular Hbond substituents is 1. The number of carbonyl (C=O) groups excluding carboxylic acids is 1. The summed E-state index contributed by atoms with van der Waals surface area (Å²) >= 11 is 0. The Bertz CT molecular complexity index is 1040. The van der Waals surface area contributed by atoms with Crippen LogP contribution in [0.1, 0.15) is 6.92 Å². The van der Waals surface area contributed by atoms with Gasteiger partial charge in [0.1, 0.15) is 10.8 Å². The fourth-order valence-corrected chi connectivity index (χ4v) is 3.53. The number of rotatable bonds is 5. The lowest BCUT2D eigenvalue weighted by Crippen LogP contribution is -2.05. The summed E-state index contributed by atoms with van der Waals surface area (Å²) in [5.41, 5.74) is 0. The largest absolute Gasteiger partial charge is 0.504 e. The minimum Gasteiger partial charge on any atom is -0.504 e. The first-order chi connectivity index (χ1) is 13.0. The molecule has 1 aromatic heterocycles. The molecule has 3 aromatic rings. The molecule has 0 bridgehead atoms. The molecule has 0 amide bonds. The number of hydrogen-bond acceptors (Lipinski definition) is 8. The van der Waals surface area contributed by atoms with Crippen LogP contribution in [0.2, 0.25) is 0 Å². The van der Waals surface area contributed by atoms with E-state index in [1.165, 1.54) is 39.6 Å². The highest BCUT2D eigenvalue weighted by Gasteiger charge is 2.24. The van der Waals surface area contributed by atoms with E-state index in [4.69, 9.17) is 14.2 Å². The number of nitrogens with zero attached hydrogens (tertiary/aromatic N) is 2. The van der Waals surface area contributed by atoms with E-state index in [0.29, 0.717) is 10.3 Å². The molecule has 0 saturated carbocycles. The van der Waals surface area contributed by atoms with Crippen molar-refractivity contribution in [3.63, 3.8) is 0 Å². The smallest absolute Gasteiger partial charge is 0.308 e. The van der Waals surface area contributed by atoms with Gasteiger partial charge in [-0.25, -0.2) is 14.2 Å². The first-order valence-corrected chi connectivity index (χ1v) is 8.90. The van der Waals surface area contributed by atoms with Crippen molar-refractivity contribution in [1.29, 1.82) is 0 Å². The summed E-state index contributed by atoms with van der Waals surface area (Å²) in [6.07, 6.45) is 2.98. The van der Waals surface area contributed by atoms with Crippen molar-refractivity contribution in [2.75, 3.05) is 14.2 Å². The average molecular weight is 388 g/mol. The van der Waals surface area contributed by atoms with E-state index in [9.17, 15) is 14.1 Å². The van der Waals surface area contributed by atoms with Crippen molar-refractivity contribution in [3.05, 3.63) is 36.7 Å². The van der Waals surface area contributed by atoms with E-state index >= 15 is 0 Å². The Morgan fingerprint density at radius 1 is 1.04 bits per heavy atom. The third-order valence-electron chi connectivity index (χ3n) is 3.69. The molecule has 0 aliphatic carbocycles. The van der Waals surface area contributed by atoms with Gasteiger partial charge in [0.05, 0.1) is 14.2 Å². The molecule has 0 aliphatic heterocycles. The molecule has 27 heavy (non-hydrogen) atoms. The summed E-state index contributed by atoms with van der Waals surface area (Å²) in [4.78, 5) is 19.9. The third kappa shape index (κ3) is 3.41. The molecule has 3 rings (SSSR count). The van der Waals surface area contributed by atoms with Crippen LogP contribution in [0.25, 0.3) is 10.8 Å². The molecule has 1 N–H and O–H groups in total. The van der Waals surface area contributed by atoms with Crippen molar-refractivity contribution in [3.8, 4) is 23.0 Å². The molecule has 1 unspecified atom stereocenters. The lowest BCUT2D eigenvalue weighted by molar-refractivity contribution is -0.131. The van der Waals surface area contributed by atoms with E-state index < -0.39 is 16.8 Å². The number of methoxy groups -OCH3 is 2. The highest BCUT2D eigenvalue weighted by molar-refractivity contribution is 7.85. The molecule has 1 atom stereocenters. The molecular formula is C18H16N2O6S. The van der Waals surface area contributed by atoms with Crippen molar-refractivity contribution in [2.45, 2.75) is 17.0 Å². The molecule has 0 spiro atoms. The first-order valence-electron chi connectivity index (χ1n) is 7.75. The lowest BCUT2D eigenvalue weighted by Gasteiger charge is -2.17. The molecule has 0 saturated heterocycles. The van der Waals surface area contributed by atoms with Crippen LogP contribution in [-0.4, -0.2) is 39.5 Å². The Hall–Kier alpha value is -3.20. The van der Waals surface area contributed by atoms with Gasteiger partial charge in [0.15, 0.2) is 11.5 Å². The fourth-order valence-electron chi connectivity index (χ4n) is 2.59. The Balaban J connectivity index is 2.26. The van der Waals surface area contributed by atoms with E-state index in [1.807, 2.05) is 0 Å². The van der Waals surface area contributed by atoms with Crippen LogP contribution < -0.4 is 14.2 Å². The summed E-state index contributed by atoms with van der Waals surface area (Å²) in [6.45, 7) is 1.25. The van der Waals surface area contributed by atoms with Crippen molar-refractivity contribution in [1.82, 2.24) is 9.97 Å². The van der Waals surface area contributed by atoms with Gasteiger partial charge in [0, 0.05) is 35.0 Å². The molecule has 1 heterocycles. The Morgan fingerprint density at radius 3 is 2.30 bits per heavy atom. The maximum absolute atomic E-state index is 12.7. The number of aromatic nitrogens is 2. The second kappa shape index (κ2) is 7.58. The van der Waals surface area contributed by atoms with Gasteiger partial charge in [0.2, 0.25) is 16.7 Å². The predicted molar refractivity (Wildman–Crippen MR) is 96.7 cm³/mol. The van der Waals surface area contributed by atoms with E-state index in [-0.39, 0.29) is 33.5 Å². The predicted octanol–water partition coefficient (Wildman–Crippen LogP) is 2.44.